The third kappa shape index (κ3) is 2.42. The average Bonchev–Trinajstić information content (AvgIpc) is 3.15. The van der Waals surface area contributed by atoms with Gasteiger partial charge in [0, 0.05) is 18.3 Å². The SMILES string of the molecule is CC(C)=CCc1cccc2c1NC(=O)[C@]21C[C@@]23CN4[C@@H](C)CCC[C@]4(CC2C1(C)C)C(=O)N3. The van der Waals surface area contributed by atoms with E-state index in [2.05, 4.69) is 74.4 Å². The lowest BCUT2D eigenvalue weighted by Gasteiger charge is -2.65. The van der Waals surface area contributed by atoms with Gasteiger partial charge in [-0.05, 0) is 81.8 Å². The average molecular weight is 448 g/mol. The molecule has 1 aliphatic carbocycles. The molecule has 1 aromatic rings. The quantitative estimate of drug-likeness (QED) is 0.664. The summed E-state index contributed by atoms with van der Waals surface area (Å²) in [6, 6.07) is 6.84. The smallest absolute Gasteiger partial charge is 0.241 e. The van der Waals surface area contributed by atoms with Gasteiger partial charge in [-0.1, -0.05) is 43.7 Å². The molecular weight excluding hydrogens is 410 g/mol. The van der Waals surface area contributed by atoms with Crippen LogP contribution in [0.2, 0.25) is 0 Å². The zero-order valence-corrected chi connectivity index (χ0v) is 20.7. The predicted molar refractivity (Wildman–Crippen MR) is 130 cm³/mol. The van der Waals surface area contributed by atoms with Crippen molar-refractivity contribution in [2.45, 2.75) is 95.7 Å². The van der Waals surface area contributed by atoms with E-state index in [0.29, 0.717) is 12.5 Å². The maximum atomic E-state index is 14.0. The van der Waals surface area contributed by atoms with Crippen LogP contribution in [0.5, 0.6) is 0 Å². The van der Waals surface area contributed by atoms with Gasteiger partial charge in [0.05, 0.1) is 11.0 Å². The van der Waals surface area contributed by atoms with Gasteiger partial charge in [-0.3, -0.25) is 14.5 Å². The predicted octanol–water partition coefficient (Wildman–Crippen LogP) is 4.32. The molecular formula is C28H37N3O2. The molecule has 2 bridgehead atoms. The molecule has 5 atom stereocenters. The lowest BCUT2D eigenvalue weighted by atomic mass is 9.56. The number of nitrogens with one attached hydrogen (secondary N) is 2. The van der Waals surface area contributed by atoms with Crippen molar-refractivity contribution in [2.75, 3.05) is 11.9 Å². The molecule has 1 aromatic carbocycles. The van der Waals surface area contributed by atoms with Crippen molar-refractivity contribution >= 4 is 17.5 Å². The van der Waals surface area contributed by atoms with Crippen molar-refractivity contribution in [3.05, 3.63) is 41.0 Å². The monoisotopic (exact) mass is 447 g/mol. The van der Waals surface area contributed by atoms with Crippen LogP contribution in [0.25, 0.3) is 0 Å². The summed E-state index contributed by atoms with van der Waals surface area (Å²) in [6.45, 7) is 12.0. The molecule has 5 aliphatic heterocycles. The van der Waals surface area contributed by atoms with Gasteiger partial charge in [-0.15, -0.1) is 0 Å². The summed E-state index contributed by atoms with van der Waals surface area (Å²) in [4.78, 5) is 30.1. The minimum Gasteiger partial charge on any atom is -0.347 e. The number of piperidine rings is 3. The van der Waals surface area contributed by atoms with Crippen LogP contribution in [0.15, 0.2) is 29.8 Å². The van der Waals surface area contributed by atoms with Gasteiger partial charge in [0.2, 0.25) is 11.8 Å². The molecule has 33 heavy (non-hydrogen) atoms. The van der Waals surface area contributed by atoms with Crippen LogP contribution in [-0.2, 0) is 21.4 Å². The second-order valence-electron chi connectivity index (χ2n) is 12.4. The Bertz CT molecular complexity index is 1100. The zero-order valence-electron chi connectivity index (χ0n) is 20.7. The number of piperazine rings is 1. The normalized spacial score (nSPS) is 40.2. The molecule has 1 unspecified atom stereocenters. The van der Waals surface area contributed by atoms with Crippen LogP contribution in [-0.4, -0.2) is 40.4 Å². The lowest BCUT2D eigenvalue weighted by Crippen LogP contribution is -2.82. The molecule has 5 heteroatoms. The molecule has 5 fully saturated rings. The summed E-state index contributed by atoms with van der Waals surface area (Å²) in [5.74, 6) is 0.611. The van der Waals surface area contributed by atoms with E-state index in [1.54, 1.807) is 0 Å². The standard InChI is InChI=1S/C28H37N3O2/c1-17(2)11-12-19-9-6-10-20-22(19)29-24(33)28(20)15-26-16-31-18(3)8-7-13-27(31,23(32)30-26)14-21(26)25(28,4)5/h6,9-11,18,21H,7-8,12-16H2,1-5H3,(H,29,33)(H,30,32)/t18-,21?,26+,27-,28-/m0/s1. The number of fused-ring (bicyclic) bond motifs is 3. The number of amides is 2. The van der Waals surface area contributed by atoms with Gasteiger partial charge < -0.3 is 10.6 Å². The van der Waals surface area contributed by atoms with E-state index in [0.717, 1.165) is 49.9 Å². The topological polar surface area (TPSA) is 61.4 Å². The van der Waals surface area contributed by atoms with E-state index in [4.69, 9.17) is 0 Å². The molecule has 2 amide bonds. The maximum Gasteiger partial charge on any atom is 0.241 e. The fraction of sp³-hybridized carbons (Fsp3) is 0.643. The number of carbonyl (C=O) groups excluding carboxylic acids is 2. The number of allylic oxidation sites excluding steroid dienone is 2. The molecule has 5 nitrogen and oxygen atoms in total. The summed E-state index contributed by atoms with van der Waals surface area (Å²) >= 11 is 0. The van der Waals surface area contributed by atoms with Gasteiger partial charge in [-0.2, -0.15) is 0 Å². The zero-order chi connectivity index (χ0) is 23.4. The molecule has 1 saturated carbocycles. The Morgan fingerprint density at radius 2 is 2.00 bits per heavy atom. The Kier molecular flexibility index (Phi) is 4.21. The minimum absolute atomic E-state index is 0.122. The largest absolute Gasteiger partial charge is 0.347 e. The Hall–Kier alpha value is -2.14. The fourth-order valence-electron chi connectivity index (χ4n) is 8.60. The Labute approximate surface area is 197 Å². The van der Waals surface area contributed by atoms with Gasteiger partial charge in [0.1, 0.15) is 5.54 Å². The number of rotatable bonds is 2. The summed E-state index contributed by atoms with van der Waals surface area (Å²) < 4.78 is 0. The van der Waals surface area contributed by atoms with Crippen molar-refractivity contribution in [2.24, 2.45) is 11.3 Å². The molecule has 6 aliphatic rings. The van der Waals surface area contributed by atoms with E-state index in [1.165, 1.54) is 11.1 Å². The first kappa shape index (κ1) is 21.4. The summed E-state index contributed by atoms with van der Waals surface area (Å²) in [6.07, 6.45) is 7.81. The third-order valence-corrected chi connectivity index (χ3v) is 10.3. The van der Waals surface area contributed by atoms with Gasteiger partial charge in [0.15, 0.2) is 0 Å². The first-order valence-electron chi connectivity index (χ1n) is 12.7. The Morgan fingerprint density at radius 1 is 1.21 bits per heavy atom. The highest BCUT2D eigenvalue weighted by molar-refractivity contribution is 6.08. The summed E-state index contributed by atoms with van der Waals surface area (Å²) in [7, 11) is 0. The number of nitrogens with zero attached hydrogens (tertiary/aromatic N) is 1. The minimum atomic E-state index is -0.620. The van der Waals surface area contributed by atoms with Gasteiger partial charge in [0.25, 0.3) is 0 Å². The molecule has 7 rings (SSSR count). The van der Waals surface area contributed by atoms with Crippen LogP contribution in [0.3, 0.4) is 0 Å². The highest BCUT2D eigenvalue weighted by Crippen LogP contribution is 2.70. The van der Waals surface area contributed by atoms with Crippen LogP contribution in [0, 0.1) is 11.3 Å². The maximum absolute atomic E-state index is 14.0. The molecule has 3 spiro atoms. The Morgan fingerprint density at radius 3 is 2.76 bits per heavy atom. The van der Waals surface area contributed by atoms with Crippen LogP contribution in [0.1, 0.15) is 77.8 Å². The number of benzene rings is 1. The number of carbonyl (C=O) groups is 2. The second kappa shape index (κ2) is 6.50. The van der Waals surface area contributed by atoms with Crippen molar-refractivity contribution in [1.82, 2.24) is 10.2 Å². The fourth-order valence-corrected chi connectivity index (χ4v) is 8.60. The number of hydrogen-bond donors (Lipinski definition) is 2. The molecule has 0 radical (unpaired) electrons. The molecule has 4 saturated heterocycles. The van der Waals surface area contributed by atoms with Crippen molar-refractivity contribution in [1.29, 1.82) is 0 Å². The molecule has 5 heterocycles. The van der Waals surface area contributed by atoms with E-state index < -0.39 is 11.0 Å². The highest BCUT2D eigenvalue weighted by Gasteiger charge is 2.77. The van der Waals surface area contributed by atoms with Crippen LogP contribution in [0.4, 0.5) is 5.69 Å². The Balaban J connectivity index is 1.50. The van der Waals surface area contributed by atoms with Crippen molar-refractivity contribution in [3.63, 3.8) is 0 Å². The van der Waals surface area contributed by atoms with E-state index >= 15 is 0 Å². The molecule has 176 valence electrons. The lowest BCUT2D eigenvalue weighted by molar-refractivity contribution is -0.173. The number of para-hydroxylation sites is 1. The van der Waals surface area contributed by atoms with Crippen molar-refractivity contribution in [3.8, 4) is 0 Å². The second-order valence-corrected chi connectivity index (χ2v) is 12.4. The molecule has 2 N–H and O–H groups in total. The van der Waals surface area contributed by atoms with E-state index in [-0.39, 0.29) is 28.7 Å². The van der Waals surface area contributed by atoms with Crippen LogP contribution >= 0.6 is 0 Å². The first-order chi connectivity index (χ1) is 15.6. The third-order valence-electron chi connectivity index (χ3n) is 10.3. The summed E-state index contributed by atoms with van der Waals surface area (Å²) in [5.41, 5.74) is 2.99. The van der Waals surface area contributed by atoms with Crippen LogP contribution < -0.4 is 10.6 Å². The number of anilines is 1. The first-order valence-corrected chi connectivity index (χ1v) is 12.7. The summed E-state index contributed by atoms with van der Waals surface area (Å²) in [5, 5.41) is 6.87. The highest BCUT2D eigenvalue weighted by atomic mass is 16.2. The van der Waals surface area contributed by atoms with Gasteiger partial charge >= 0.3 is 0 Å². The van der Waals surface area contributed by atoms with Crippen molar-refractivity contribution < 1.29 is 9.59 Å². The van der Waals surface area contributed by atoms with E-state index in [9.17, 15) is 9.59 Å². The molecule has 0 aromatic heterocycles. The number of hydrogen-bond acceptors (Lipinski definition) is 3. The van der Waals surface area contributed by atoms with Gasteiger partial charge in [-0.25, -0.2) is 0 Å². The van der Waals surface area contributed by atoms with E-state index in [1.807, 2.05) is 0 Å².